The van der Waals surface area contributed by atoms with E-state index >= 15 is 0 Å². The monoisotopic (exact) mass is 273 g/mol. The van der Waals surface area contributed by atoms with Gasteiger partial charge in [0.2, 0.25) is 5.91 Å². The molecule has 0 aliphatic carbocycles. The molecule has 3 amide bonds. The van der Waals surface area contributed by atoms with Crippen molar-refractivity contribution in [2.75, 3.05) is 18.9 Å². The highest BCUT2D eigenvalue weighted by Crippen LogP contribution is 2.23. The molecule has 0 saturated carbocycles. The van der Waals surface area contributed by atoms with Gasteiger partial charge in [-0.05, 0) is 24.1 Å². The zero-order valence-electron chi connectivity index (χ0n) is 11.1. The average molecular weight is 273 g/mol. The maximum absolute atomic E-state index is 12.1. The fourth-order valence-corrected chi connectivity index (χ4v) is 2.54. The second-order valence-corrected chi connectivity index (χ2v) is 5.07. The summed E-state index contributed by atoms with van der Waals surface area (Å²) >= 11 is 0. The van der Waals surface area contributed by atoms with Crippen molar-refractivity contribution in [3.63, 3.8) is 0 Å². The first kappa shape index (κ1) is 12.7. The molecule has 20 heavy (non-hydrogen) atoms. The third-order valence-electron chi connectivity index (χ3n) is 3.77. The lowest BCUT2D eigenvalue weighted by molar-refractivity contribution is -0.137. The zero-order valence-corrected chi connectivity index (χ0v) is 11.1. The molecular weight excluding hydrogens is 258 g/mol. The molecule has 1 aromatic rings. The molecule has 0 spiro atoms. The maximum Gasteiger partial charge on any atom is 0.252 e. The lowest BCUT2D eigenvalue weighted by atomic mass is 10.1. The maximum atomic E-state index is 12.1. The van der Waals surface area contributed by atoms with Crippen LogP contribution in [0.5, 0.6) is 0 Å². The Hall–Kier alpha value is -2.37. The van der Waals surface area contributed by atoms with E-state index in [1.54, 1.807) is 12.1 Å². The van der Waals surface area contributed by atoms with Gasteiger partial charge in [-0.2, -0.15) is 0 Å². The van der Waals surface area contributed by atoms with Crippen molar-refractivity contribution in [1.82, 2.24) is 10.2 Å². The van der Waals surface area contributed by atoms with Gasteiger partial charge < -0.3 is 10.6 Å². The Morgan fingerprint density at radius 2 is 2.20 bits per heavy atom. The van der Waals surface area contributed by atoms with E-state index in [0.29, 0.717) is 5.56 Å². The normalized spacial score (nSPS) is 20.9. The van der Waals surface area contributed by atoms with Crippen LogP contribution in [0.3, 0.4) is 0 Å². The van der Waals surface area contributed by atoms with Crippen molar-refractivity contribution in [2.24, 2.45) is 0 Å². The van der Waals surface area contributed by atoms with Gasteiger partial charge in [0.05, 0.1) is 6.42 Å². The van der Waals surface area contributed by atoms with Gasteiger partial charge in [-0.25, -0.2) is 0 Å². The van der Waals surface area contributed by atoms with Gasteiger partial charge in [-0.15, -0.1) is 0 Å². The van der Waals surface area contributed by atoms with Crippen LogP contribution in [0.2, 0.25) is 0 Å². The summed E-state index contributed by atoms with van der Waals surface area (Å²) in [5.41, 5.74) is 2.64. The topological polar surface area (TPSA) is 78.5 Å². The number of carbonyl (C=O) groups excluding carboxylic acids is 3. The van der Waals surface area contributed by atoms with Gasteiger partial charge in [0.25, 0.3) is 11.8 Å². The molecule has 1 fully saturated rings. The average Bonchev–Trinajstić information content (AvgIpc) is 2.99. The van der Waals surface area contributed by atoms with Gasteiger partial charge >= 0.3 is 0 Å². The molecule has 104 valence electrons. The van der Waals surface area contributed by atoms with Crippen LogP contribution in [0.25, 0.3) is 0 Å². The third kappa shape index (κ3) is 2.03. The number of imide groups is 1. The van der Waals surface area contributed by atoms with Crippen molar-refractivity contribution in [1.29, 1.82) is 0 Å². The number of benzene rings is 1. The highest BCUT2D eigenvalue weighted by Gasteiger charge is 2.37. The van der Waals surface area contributed by atoms with E-state index in [0.717, 1.165) is 23.6 Å². The summed E-state index contributed by atoms with van der Waals surface area (Å²) < 4.78 is 0. The van der Waals surface area contributed by atoms with Gasteiger partial charge in [-0.1, -0.05) is 6.07 Å². The Kier molecular flexibility index (Phi) is 2.93. The van der Waals surface area contributed by atoms with Gasteiger partial charge in [0.15, 0.2) is 0 Å². The number of hydrogen-bond donors (Lipinski definition) is 2. The van der Waals surface area contributed by atoms with Crippen molar-refractivity contribution >= 4 is 23.4 Å². The molecule has 0 radical (unpaired) electrons. The summed E-state index contributed by atoms with van der Waals surface area (Å²) in [7, 11) is 1.43. The first-order valence-electron chi connectivity index (χ1n) is 6.54. The van der Waals surface area contributed by atoms with Crippen LogP contribution in [0.1, 0.15) is 22.3 Å². The SMILES string of the molecule is CN1C(=O)CC(NC(=O)c2ccc3c(c2)NCC3)C1=O. The molecule has 2 heterocycles. The van der Waals surface area contributed by atoms with Crippen molar-refractivity contribution < 1.29 is 14.4 Å². The largest absolute Gasteiger partial charge is 0.384 e. The van der Waals surface area contributed by atoms with Crippen molar-refractivity contribution in [2.45, 2.75) is 18.9 Å². The second-order valence-electron chi connectivity index (χ2n) is 5.07. The lowest BCUT2D eigenvalue weighted by Crippen LogP contribution is -2.40. The number of hydrogen-bond acceptors (Lipinski definition) is 4. The van der Waals surface area contributed by atoms with E-state index in [1.807, 2.05) is 6.07 Å². The predicted molar refractivity (Wildman–Crippen MR) is 72.3 cm³/mol. The smallest absolute Gasteiger partial charge is 0.252 e. The number of carbonyl (C=O) groups is 3. The minimum atomic E-state index is -0.749. The number of nitrogens with one attached hydrogen (secondary N) is 2. The molecular formula is C14H15N3O3. The summed E-state index contributed by atoms with van der Waals surface area (Å²) in [4.78, 5) is 36.3. The number of likely N-dealkylation sites (N-methyl/N-ethyl adjacent to an activating group) is 1. The minimum Gasteiger partial charge on any atom is -0.384 e. The van der Waals surface area contributed by atoms with E-state index in [4.69, 9.17) is 0 Å². The summed E-state index contributed by atoms with van der Waals surface area (Å²) in [6, 6.07) is 4.69. The number of anilines is 1. The Morgan fingerprint density at radius 3 is 2.90 bits per heavy atom. The molecule has 1 aromatic carbocycles. The Bertz CT molecular complexity index is 612. The lowest BCUT2D eigenvalue weighted by Gasteiger charge is -2.11. The molecule has 2 aliphatic rings. The minimum absolute atomic E-state index is 0.0320. The van der Waals surface area contributed by atoms with E-state index in [1.165, 1.54) is 12.6 Å². The Morgan fingerprint density at radius 1 is 1.40 bits per heavy atom. The third-order valence-corrected chi connectivity index (χ3v) is 3.77. The van der Waals surface area contributed by atoms with E-state index in [-0.39, 0.29) is 24.1 Å². The second kappa shape index (κ2) is 4.63. The molecule has 1 saturated heterocycles. The van der Waals surface area contributed by atoms with Crippen LogP contribution in [-0.2, 0) is 16.0 Å². The summed E-state index contributed by atoms with van der Waals surface area (Å²) in [6.45, 7) is 0.876. The number of fused-ring (bicyclic) bond motifs is 1. The molecule has 0 bridgehead atoms. The number of nitrogens with zero attached hydrogens (tertiary/aromatic N) is 1. The Balaban J connectivity index is 1.74. The molecule has 1 unspecified atom stereocenters. The van der Waals surface area contributed by atoms with Crippen LogP contribution in [0.4, 0.5) is 5.69 Å². The van der Waals surface area contributed by atoms with Crippen LogP contribution < -0.4 is 10.6 Å². The summed E-state index contributed by atoms with van der Waals surface area (Å²) in [5.74, 6) is -0.957. The quantitative estimate of drug-likeness (QED) is 0.751. The highest BCUT2D eigenvalue weighted by molar-refractivity contribution is 6.08. The molecule has 3 rings (SSSR count). The van der Waals surface area contributed by atoms with E-state index in [9.17, 15) is 14.4 Å². The fourth-order valence-electron chi connectivity index (χ4n) is 2.54. The molecule has 1 atom stereocenters. The van der Waals surface area contributed by atoms with Gasteiger partial charge in [0.1, 0.15) is 6.04 Å². The van der Waals surface area contributed by atoms with Gasteiger partial charge in [0, 0.05) is 24.8 Å². The van der Waals surface area contributed by atoms with Crippen LogP contribution in [0.15, 0.2) is 18.2 Å². The summed E-state index contributed by atoms with van der Waals surface area (Å²) in [6.07, 6.45) is 0.988. The summed E-state index contributed by atoms with van der Waals surface area (Å²) in [5, 5.41) is 5.82. The molecule has 2 N–H and O–H groups in total. The first-order valence-corrected chi connectivity index (χ1v) is 6.54. The van der Waals surface area contributed by atoms with Crippen LogP contribution in [0, 0.1) is 0 Å². The van der Waals surface area contributed by atoms with Crippen molar-refractivity contribution in [3.8, 4) is 0 Å². The number of likely N-dealkylation sites (tertiary alicyclic amines) is 1. The standard InChI is InChI=1S/C14H15N3O3/c1-17-12(18)7-11(14(17)20)16-13(19)9-3-2-8-4-5-15-10(8)6-9/h2-3,6,11,15H,4-5,7H2,1H3,(H,16,19). The van der Waals surface area contributed by atoms with Gasteiger partial charge in [-0.3, -0.25) is 19.3 Å². The van der Waals surface area contributed by atoms with Crippen molar-refractivity contribution in [3.05, 3.63) is 29.3 Å². The zero-order chi connectivity index (χ0) is 14.3. The molecule has 6 heteroatoms. The van der Waals surface area contributed by atoms with Crippen LogP contribution >= 0.6 is 0 Å². The molecule has 0 aromatic heterocycles. The Labute approximate surface area is 116 Å². The fraction of sp³-hybridized carbons (Fsp3) is 0.357. The molecule has 2 aliphatic heterocycles. The van der Waals surface area contributed by atoms with Crippen LogP contribution in [-0.4, -0.2) is 42.3 Å². The molecule has 6 nitrogen and oxygen atoms in total. The number of amides is 3. The van der Waals surface area contributed by atoms with E-state index < -0.39 is 6.04 Å². The highest BCUT2D eigenvalue weighted by atomic mass is 16.2. The van der Waals surface area contributed by atoms with E-state index in [2.05, 4.69) is 10.6 Å². The predicted octanol–water partition coefficient (Wildman–Crippen LogP) is 0.142. The number of rotatable bonds is 2. The first-order chi connectivity index (χ1) is 9.56.